The summed E-state index contributed by atoms with van der Waals surface area (Å²) in [4.78, 5) is 0. The first-order valence-corrected chi connectivity index (χ1v) is 6.57. The third kappa shape index (κ3) is 7.69. The summed E-state index contributed by atoms with van der Waals surface area (Å²) < 4.78 is 0. The number of rotatable bonds is 8. The molecule has 0 N–H and O–H groups in total. The van der Waals surface area contributed by atoms with Crippen molar-refractivity contribution in [2.24, 2.45) is 5.92 Å². The maximum Gasteiger partial charge on any atom is -0.00953 e. The molecule has 0 saturated carbocycles. The van der Waals surface area contributed by atoms with E-state index in [1.54, 1.807) is 0 Å². The van der Waals surface area contributed by atoms with E-state index < -0.39 is 0 Å². The highest BCUT2D eigenvalue weighted by Gasteiger charge is 2.05. The maximum absolute atomic E-state index is 4.26. The van der Waals surface area contributed by atoms with Gasteiger partial charge in [0.05, 0.1) is 0 Å². The molecule has 74 valence electrons. The zero-order valence-electron chi connectivity index (χ0n) is 7.58. The van der Waals surface area contributed by atoms with Crippen molar-refractivity contribution in [1.29, 1.82) is 0 Å². The molecular formula is C9H20S3. The van der Waals surface area contributed by atoms with Crippen LogP contribution in [-0.2, 0) is 0 Å². The van der Waals surface area contributed by atoms with E-state index in [9.17, 15) is 0 Å². The standard InChI is InChI=1S/C9H20S3/c10-6-2-1-3-9(4-7-11)5-8-12/h9-12H,1-8H2. The van der Waals surface area contributed by atoms with Crippen LogP contribution in [-0.4, -0.2) is 17.3 Å². The van der Waals surface area contributed by atoms with Gasteiger partial charge in [-0.25, -0.2) is 0 Å². The van der Waals surface area contributed by atoms with Crippen LogP contribution in [0.2, 0.25) is 0 Å². The molecular weight excluding hydrogens is 204 g/mol. The van der Waals surface area contributed by atoms with Crippen LogP contribution in [0, 0.1) is 5.92 Å². The molecule has 0 aromatic rings. The van der Waals surface area contributed by atoms with Gasteiger partial charge < -0.3 is 0 Å². The highest BCUT2D eigenvalue weighted by atomic mass is 32.1. The molecule has 0 aliphatic carbocycles. The Morgan fingerprint density at radius 1 is 0.667 bits per heavy atom. The first-order chi connectivity index (χ1) is 5.85. The Morgan fingerprint density at radius 3 is 1.67 bits per heavy atom. The van der Waals surface area contributed by atoms with E-state index in [1.165, 1.54) is 32.1 Å². The minimum Gasteiger partial charge on any atom is -0.179 e. The normalized spacial score (nSPS) is 11.0. The second kappa shape index (κ2) is 10.1. The zero-order valence-corrected chi connectivity index (χ0v) is 10.3. The van der Waals surface area contributed by atoms with Gasteiger partial charge >= 0.3 is 0 Å². The lowest BCUT2D eigenvalue weighted by atomic mass is 9.97. The monoisotopic (exact) mass is 224 g/mol. The van der Waals surface area contributed by atoms with Gasteiger partial charge in [0.2, 0.25) is 0 Å². The molecule has 0 radical (unpaired) electrons. The Labute approximate surface area is 93.1 Å². The van der Waals surface area contributed by atoms with Gasteiger partial charge in [0.1, 0.15) is 0 Å². The fourth-order valence-electron chi connectivity index (χ4n) is 1.34. The van der Waals surface area contributed by atoms with Gasteiger partial charge in [-0.3, -0.25) is 0 Å². The summed E-state index contributed by atoms with van der Waals surface area (Å²) in [6.07, 6.45) is 6.39. The van der Waals surface area contributed by atoms with Crippen molar-refractivity contribution in [1.82, 2.24) is 0 Å². The SMILES string of the molecule is SCCCCC(CCS)CCS. The molecule has 12 heavy (non-hydrogen) atoms. The molecule has 0 aliphatic heterocycles. The largest absolute Gasteiger partial charge is 0.179 e. The topological polar surface area (TPSA) is 0 Å². The van der Waals surface area contributed by atoms with Crippen molar-refractivity contribution in [3.63, 3.8) is 0 Å². The first-order valence-electron chi connectivity index (χ1n) is 4.67. The summed E-state index contributed by atoms with van der Waals surface area (Å²) in [5.41, 5.74) is 0. The van der Waals surface area contributed by atoms with Crippen LogP contribution in [0.4, 0.5) is 0 Å². The molecule has 0 aliphatic rings. The third-order valence-corrected chi connectivity index (χ3v) is 2.93. The molecule has 0 aromatic heterocycles. The summed E-state index contributed by atoms with van der Waals surface area (Å²) in [5.74, 6) is 3.90. The molecule has 0 aromatic carbocycles. The Kier molecular flexibility index (Phi) is 11.0. The lowest BCUT2D eigenvalue weighted by Crippen LogP contribution is -2.02. The molecule has 0 amide bonds. The van der Waals surface area contributed by atoms with E-state index >= 15 is 0 Å². The van der Waals surface area contributed by atoms with Gasteiger partial charge in [-0.2, -0.15) is 37.9 Å². The van der Waals surface area contributed by atoms with E-state index in [4.69, 9.17) is 0 Å². The second-order valence-electron chi connectivity index (χ2n) is 3.11. The second-order valence-corrected chi connectivity index (χ2v) is 4.45. The lowest BCUT2D eigenvalue weighted by Gasteiger charge is -2.13. The predicted molar refractivity (Wildman–Crippen MR) is 68.1 cm³/mol. The summed E-state index contributed by atoms with van der Waals surface area (Å²) in [5, 5.41) is 0. The van der Waals surface area contributed by atoms with Gasteiger partial charge in [0.15, 0.2) is 0 Å². The average Bonchev–Trinajstić information content (AvgIpc) is 2.06. The number of hydrogen-bond donors (Lipinski definition) is 3. The molecule has 0 bridgehead atoms. The molecule has 0 atom stereocenters. The molecule has 0 rings (SSSR count). The quantitative estimate of drug-likeness (QED) is 0.409. The predicted octanol–water partition coefficient (Wildman–Crippen LogP) is 3.34. The molecule has 0 heterocycles. The van der Waals surface area contributed by atoms with Crippen molar-refractivity contribution in [2.45, 2.75) is 32.1 Å². The van der Waals surface area contributed by atoms with Gasteiger partial charge in [-0.15, -0.1) is 0 Å². The van der Waals surface area contributed by atoms with Gasteiger partial charge in [0.25, 0.3) is 0 Å². The first kappa shape index (κ1) is 13.1. The molecule has 0 unspecified atom stereocenters. The van der Waals surface area contributed by atoms with E-state index in [-0.39, 0.29) is 0 Å². The van der Waals surface area contributed by atoms with Gasteiger partial charge in [-0.05, 0) is 42.4 Å². The van der Waals surface area contributed by atoms with Crippen LogP contribution in [0.3, 0.4) is 0 Å². The molecule has 0 fully saturated rings. The average molecular weight is 224 g/mol. The van der Waals surface area contributed by atoms with Crippen molar-refractivity contribution in [3.05, 3.63) is 0 Å². The summed E-state index contributed by atoms with van der Waals surface area (Å²) in [7, 11) is 0. The lowest BCUT2D eigenvalue weighted by molar-refractivity contribution is 0.446. The fraction of sp³-hybridized carbons (Fsp3) is 1.00. The van der Waals surface area contributed by atoms with E-state index in [0.717, 1.165) is 23.2 Å². The minimum absolute atomic E-state index is 0.847. The van der Waals surface area contributed by atoms with E-state index in [2.05, 4.69) is 37.9 Å². The molecule has 0 spiro atoms. The number of thiol groups is 3. The van der Waals surface area contributed by atoms with Crippen molar-refractivity contribution >= 4 is 37.9 Å². The van der Waals surface area contributed by atoms with Crippen molar-refractivity contribution in [2.75, 3.05) is 17.3 Å². The van der Waals surface area contributed by atoms with Crippen LogP contribution in [0.1, 0.15) is 32.1 Å². The van der Waals surface area contributed by atoms with Crippen molar-refractivity contribution < 1.29 is 0 Å². The fourth-order valence-corrected chi connectivity index (χ4v) is 2.30. The Balaban J connectivity index is 3.34. The van der Waals surface area contributed by atoms with Crippen LogP contribution < -0.4 is 0 Å². The van der Waals surface area contributed by atoms with E-state index in [0.29, 0.717) is 0 Å². The van der Waals surface area contributed by atoms with Gasteiger partial charge in [-0.1, -0.05) is 12.8 Å². The Hall–Kier alpha value is 1.05. The van der Waals surface area contributed by atoms with Crippen LogP contribution in [0.25, 0.3) is 0 Å². The van der Waals surface area contributed by atoms with Crippen molar-refractivity contribution in [3.8, 4) is 0 Å². The Bertz CT molecular complexity index is 79.8. The van der Waals surface area contributed by atoms with Crippen LogP contribution in [0.15, 0.2) is 0 Å². The third-order valence-electron chi connectivity index (χ3n) is 2.10. The summed E-state index contributed by atoms with van der Waals surface area (Å²) in [6.45, 7) is 0. The smallest absolute Gasteiger partial charge is 0.00953 e. The summed E-state index contributed by atoms with van der Waals surface area (Å²) in [6, 6.07) is 0. The van der Waals surface area contributed by atoms with Crippen LogP contribution >= 0.6 is 37.9 Å². The zero-order chi connectivity index (χ0) is 9.23. The highest BCUT2D eigenvalue weighted by molar-refractivity contribution is 7.80. The van der Waals surface area contributed by atoms with Crippen LogP contribution in [0.5, 0.6) is 0 Å². The molecule has 3 heteroatoms. The van der Waals surface area contributed by atoms with E-state index in [1.807, 2.05) is 0 Å². The molecule has 0 saturated heterocycles. The molecule has 0 nitrogen and oxygen atoms in total. The number of unbranched alkanes of at least 4 members (excludes halogenated alkanes) is 1. The number of hydrogen-bond acceptors (Lipinski definition) is 3. The highest BCUT2D eigenvalue weighted by Crippen LogP contribution is 2.18. The Morgan fingerprint density at radius 2 is 1.25 bits per heavy atom. The van der Waals surface area contributed by atoms with Gasteiger partial charge in [0, 0.05) is 0 Å². The minimum atomic E-state index is 0.847. The summed E-state index contributed by atoms with van der Waals surface area (Å²) >= 11 is 12.7. The maximum atomic E-state index is 4.26.